The summed E-state index contributed by atoms with van der Waals surface area (Å²) in [7, 11) is 0. The summed E-state index contributed by atoms with van der Waals surface area (Å²) in [4.78, 5) is 12.3. The Kier molecular flexibility index (Phi) is 3.05. The van der Waals surface area contributed by atoms with Gasteiger partial charge < -0.3 is 14.7 Å². The van der Waals surface area contributed by atoms with Gasteiger partial charge in [0.05, 0.1) is 5.69 Å². The van der Waals surface area contributed by atoms with Gasteiger partial charge in [-0.25, -0.2) is 13.6 Å². The molecule has 1 aliphatic heterocycles. The van der Waals surface area contributed by atoms with Crippen LogP contribution in [0.2, 0.25) is 5.02 Å². The van der Waals surface area contributed by atoms with Crippen molar-refractivity contribution in [2.45, 2.75) is 25.3 Å². The molecule has 1 N–H and O–H groups in total. The monoisotopic (exact) mass is 301 g/mol. The topological polar surface area (TPSA) is 49.8 Å². The summed E-state index contributed by atoms with van der Waals surface area (Å²) in [5, 5.41) is 8.39. The van der Waals surface area contributed by atoms with E-state index in [2.05, 4.69) is 4.74 Å². The Morgan fingerprint density at radius 1 is 1.45 bits per heavy atom. The van der Waals surface area contributed by atoms with Gasteiger partial charge in [0, 0.05) is 18.7 Å². The number of hydrogen-bond acceptors (Lipinski definition) is 3. The first-order valence-corrected chi connectivity index (χ1v) is 6.41. The van der Waals surface area contributed by atoms with Gasteiger partial charge in [0.2, 0.25) is 0 Å². The van der Waals surface area contributed by atoms with Crippen LogP contribution in [0, 0.1) is 11.6 Å². The summed E-state index contributed by atoms with van der Waals surface area (Å²) in [5.41, 5.74) is 0.811. The predicted octanol–water partition coefficient (Wildman–Crippen LogP) is 3.68. The standard InChI is InChI=1S/C13H10ClF2NO3/c14-10-11(16)9(15)4-6-3-8(20-13(18)19)5-17(12(6)10)7-1-2-7/h4-5,7H,1-3H2,(H,18,19). The van der Waals surface area contributed by atoms with Crippen molar-refractivity contribution in [2.24, 2.45) is 0 Å². The van der Waals surface area contributed by atoms with Crippen LogP contribution in [0.5, 0.6) is 0 Å². The Hall–Kier alpha value is -1.82. The van der Waals surface area contributed by atoms with Crippen molar-refractivity contribution in [3.63, 3.8) is 0 Å². The molecule has 7 heteroatoms. The lowest BCUT2D eigenvalue weighted by molar-refractivity contribution is 0.116. The van der Waals surface area contributed by atoms with Crippen LogP contribution >= 0.6 is 11.6 Å². The lowest BCUT2D eigenvalue weighted by atomic mass is 10.0. The fourth-order valence-corrected chi connectivity index (χ4v) is 2.63. The molecule has 0 amide bonds. The van der Waals surface area contributed by atoms with Gasteiger partial charge in [-0.1, -0.05) is 11.6 Å². The summed E-state index contributed by atoms with van der Waals surface area (Å²) in [6.45, 7) is 0. The molecule has 0 unspecified atom stereocenters. The van der Waals surface area contributed by atoms with E-state index in [1.807, 2.05) is 0 Å². The molecule has 0 aromatic heterocycles. The predicted molar refractivity (Wildman–Crippen MR) is 67.8 cm³/mol. The van der Waals surface area contributed by atoms with E-state index in [9.17, 15) is 13.6 Å². The number of carbonyl (C=O) groups is 1. The van der Waals surface area contributed by atoms with Crippen molar-refractivity contribution in [2.75, 3.05) is 4.90 Å². The van der Waals surface area contributed by atoms with Crippen LogP contribution in [0.25, 0.3) is 0 Å². The fraction of sp³-hybridized carbons (Fsp3) is 0.308. The number of anilines is 1. The molecule has 0 saturated heterocycles. The number of benzene rings is 1. The Morgan fingerprint density at radius 2 is 2.15 bits per heavy atom. The minimum absolute atomic E-state index is 0.0573. The molecule has 20 heavy (non-hydrogen) atoms. The third-order valence-corrected chi connectivity index (χ3v) is 3.62. The molecule has 1 aliphatic carbocycles. The zero-order chi connectivity index (χ0) is 14.4. The second kappa shape index (κ2) is 4.63. The van der Waals surface area contributed by atoms with Gasteiger partial charge in [0.15, 0.2) is 11.6 Å². The molecule has 0 spiro atoms. The Morgan fingerprint density at radius 3 is 2.75 bits per heavy atom. The van der Waals surface area contributed by atoms with E-state index in [0.29, 0.717) is 11.3 Å². The molecule has 1 saturated carbocycles. The maximum absolute atomic E-state index is 13.6. The SMILES string of the molecule is O=C(O)OC1=CN(C2CC2)c2c(cc(F)c(F)c2Cl)C1. The van der Waals surface area contributed by atoms with Crippen molar-refractivity contribution in [1.29, 1.82) is 0 Å². The third kappa shape index (κ3) is 2.20. The third-order valence-electron chi connectivity index (χ3n) is 3.28. The van der Waals surface area contributed by atoms with Crippen molar-refractivity contribution in [1.82, 2.24) is 0 Å². The maximum Gasteiger partial charge on any atom is 0.511 e. The molecule has 1 fully saturated rings. The summed E-state index contributed by atoms with van der Waals surface area (Å²) < 4.78 is 31.7. The van der Waals surface area contributed by atoms with Gasteiger partial charge in [-0.3, -0.25) is 0 Å². The zero-order valence-electron chi connectivity index (χ0n) is 10.2. The lowest BCUT2D eigenvalue weighted by Crippen LogP contribution is -2.26. The van der Waals surface area contributed by atoms with E-state index in [1.165, 1.54) is 6.20 Å². The number of allylic oxidation sites excluding steroid dienone is 1. The average Bonchev–Trinajstić information content (AvgIpc) is 3.18. The van der Waals surface area contributed by atoms with Crippen LogP contribution in [0.1, 0.15) is 18.4 Å². The van der Waals surface area contributed by atoms with Gasteiger partial charge in [0.25, 0.3) is 0 Å². The van der Waals surface area contributed by atoms with Gasteiger partial charge in [-0.15, -0.1) is 0 Å². The van der Waals surface area contributed by atoms with Crippen molar-refractivity contribution < 1.29 is 23.4 Å². The summed E-state index contributed by atoms with van der Waals surface area (Å²) in [6, 6.07) is 1.15. The molecule has 0 radical (unpaired) electrons. The van der Waals surface area contributed by atoms with E-state index >= 15 is 0 Å². The van der Waals surface area contributed by atoms with E-state index in [0.717, 1.165) is 18.9 Å². The largest absolute Gasteiger partial charge is 0.511 e. The Balaban J connectivity index is 2.07. The second-order valence-corrected chi connectivity index (χ2v) is 5.15. The summed E-state index contributed by atoms with van der Waals surface area (Å²) in [5.74, 6) is -1.98. The number of carboxylic acid groups (broad SMARTS) is 1. The van der Waals surface area contributed by atoms with Gasteiger partial charge >= 0.3 is 6.16 Å². The van der Waals surface area contributed by atoms with Gasteiger partial charge in [0.1, 0.15) is 10.8 Å². The molecule has 0 atom stereocenters. The van der Waals surface area contributed by atoms with Gasteiger partial charge in [-0.05, 0) is 24.5 Å². The normalized spacial score (nSPS) is 17.6. The number of nitrogens with zero attached hydrogens (tertiary/aromatic N) is 1. The molecular weight excluding hydrogens is 292 g/mol. The molecule has 2 aliphatic rings. The van der Waals surface area contributed by atoms with Crippen molar-refractivity contribution in [3.8, 4) is 0 Å². The van der Waals surface area contributed by atoms with Crippen LogP contribution < -0.4 is 4.90 Å². The van der Waals surface area contributed by atoms with Crippen LogP contribution in [0.3, 0.4) is 0 Å². The first kappa shape index (κ1) is 13.2. The number of rotatable bonds is 2. The highest BCUT2D eigenvalue weighted by atomic mass is 35.5. The van der Waals surface area contributed by atoms with E-state index in [-0.39, 0.29) is 23.2 Å². The van der Waals surface area contributed by atoms with Gasteiger partial charge in [-0.2, -0.15) is 0 Å². The number of ether oxygens (including phenoxy) is 1. The summed E-state index contributed by atoms with van der Waals surface area (Å²) in [6.07, 6.45) is 1.88. The Labute approximate surface area is 118 Å². The van der Waals surface area contributed by atoms with Crippen molar-refractivity contribution in [3.05, 3.63) is 40.2 Å². The molecule has 1 aromatic rings. The zero-order valence-corrected chi connectivity index (χ0v) is 11.0. The highest BCUT2D eigenvalue weighted by molar-refractivity contribution is 6.33. The Bertz CT molecular complexity index is 629. The average molecular weight is 302 g/mol. The first-order chi connectivity index (χ1) is 9.47. The van der Waals surface area contributed by atoms with Crippen LogP contribution in [-0.4, -0.2) is 17.3 Å². The highest BCUT2D eigenvalue weighted by Crippen LogP contribution is 2.43. The molecular formula is C13H10ClF2NO3. The van der Waals surface area contributed by atoms with E-state index < -0.39 is 17.8 Å². The van der Waals surface area contributed by atoms with Crippen LogP contribution in [0.15, 0.2) is 18.0 Å². The molecule has 0 bridgehead atoms. The molecule has 1 aromatic carbocycles. The quantitative estimate of drug-likeness (QED) is 0.669. The summed E-state index contributed by atoms with van der Waals surface area (Å²) >= 11 is 5.89. The van der Waals surface area contributed by atoms with Crippen LogP contribution in [-0.2, 0) is 11.2 Å². The first-order valence-electron chi connectivity index (χ1n) is 6.03. The molecule has 3 rings (SSSR count). The molecule has 4 nitrogen and oxygen atoms in total. The van der Waals surface area contributed by atoms with Crippen molar-refractivity contribution >= 4 is 23.4 Å². The second-order valence-electron chi connectivity index (χ2n) is 4.77. The molecule has 106 valence electrons. The highest BCUT2D eigenvalue weighted by Gasteiger charge is 2.35. The molecule has 1 heterocycles. The van der Waals surface area contributed by atoms with E-state index in [1.54, 1.807) is 4.90 Å². The minimum atomic E-state index is -1.44. The number of hydrogen-bond donors (Lipinski definition) is 1. The number of fused-ring (bicyclic) bond motifs is 1. The minimum Gasteiger partial charge on any atom is -0.449 e. The van der Waals surface area contributed by atoms with E-state index in [4.69, 9.17) is 16.7 Å². The lowest BCUT2D eigenvalue weighted by Gasteiger charge is -2.29. The smallest absolute Gasteiger partial charge is 0.449 e. The maximum atomic E-state index is 13.6. The number of halogens is 3. The van der Waals surface area contributed by atoms with Crippen LogP contribution in [0.4, 0.5) is 19.3 Å². The fourth-order valence-electron chi connectivity index (χ4n) is 2.32.